The molecule has 0 N–H and O–H groups in total. The average Bonchev–Trinajstić information content (AvgIpc) is 3.68. The zero-order valence-electron chi connectivity index (χ0n) is 25.2. The fraction of sp³-hybridized carbons (Fsp3) is 0.171. The van der Waals surface area contributed by atoms with Crippen molar-refractivity contribution in [3.05, 3.63) is 144 Å². The molecule has 3 heterocycles. The third-order valence-electron chi connectivity index (χ3n) is 10.7. The molecule has 0 spiro atoms. The molecular weight excluding hydrogens is 567 g/mol. The number of rotatable bonds is 2. The van der Waals surface area contributed by atoms with Gasteiger partial charge in [0.1, 0.15) is 0 Å². The van der Waals surface area contributed by atoms with E-state index in [-0.39, 0.29) is 17.4 Å². The molecule has 4 unspecified atom stereocenters. The maximum atomic E-state index is 5.47. The Bertz CT molecular complexity index is 2340. The Balaban J connectivity index is 1.25. The molecule has 0 amide bonds. The SMILES string of the molecule is CC1(C)c2cc3c(cc2C2C=CC=CC21)N(c1nc(-c2ccccc2)c2sc4cc5ccccc5cc4c2n1)C1C=CC=CC31. The van der Waals surface area contributed by atoms with Gasteiger partial charge in [-0.15, -0.1) is 11.3 Å². The Hall–Kier alpha value is -4.80. The van der Waals surface area contributed by atoms with E-state index in [1.807, 2.05) is 0 Å². The van der Waals surface area contributed by atoms with E-state index < -0.39 is 0 Å². The molecule has 0 bridgehead atoms. The van der Waals surface area contributed by atoms with Crippen LogP contribution in [0.5, 0.6) is 0 Å². The van der Waals surface area contributed by atoms with Gasteiger partial charge >= 0.3 is 0 Å². The Morgan fingerprint density at radius 2 is 1.44 bits per heavy atom. The van der Waals surface area contributed by atoms with Crippen LogP contribution >= 0.6 is 11.3 Å². The van der Waals surface area contributed by atoms with Crippen LogP contribution in [-0.4, -0.2) is 16.0 Å². The lowest BCUT2D eigenvalue weighted by Gasteiger charge is -2.29. The molecule has 10 rings (SSSR count). The highest BCUT2D eigenvalue weighted by atomic mass is 32.1. The summed E-state index contributed by atoms with van der Waals surface area (Å²) in [4.78, 5) is 13.4. The summed E-state index contributed by atoms with van der Waals surface area (Å²) in [5.41, 5.74) is 8.77. The van der Waals surface area contributed by atoms with Crippen molar-refractivity contribution >= 4 is 54.0 Å². The standard InChI is InChI=1S/C41H31N3S/c1-41(2)32-18-10-8-16-27(32)29-23-35-30(22-33(29)41)28-17-9-11-19-34(28)44(35)40-42-37(24-12-4-3-5-13-24)39-38(43-40)31-20-25-14-6-7-15-26(25)21-36(31)45-39/h3-23,27-28,32,34H,1-2H3. The fourth-order valence-electron chi connectivity index (χ4n) is 8.45. The van der Waals surface area contributed by atoms with Crippen molar-refractivity contribution in [1.82, 2.24) is 9.97 Å². The molecule has 3 nitrogen and oxygen atoms in total. The van der Waals surface area contributed by atoms with E-state index >= 15 is 0 Å². The smallest absolute Gasteiger partial charge is 0.231 e. The predicted molar refractivity (Wildman–Crippen MR) is 189 cm³/mol. The van der Waals surface area contributed by atoms with Crippen LogP contribution in [0.3, 0.4) is 0 Å². The first-order valence-electron chi connectivity index (χ1n) is 15.9. The second kappa shape index (κ2) is 9.12. The number of benzene rings is 4. The van der Waals surface area contributed by atoms with Crippen LogP contribution in [-0.2, 0) is 5.41 Å². The van der Waals surface area contributed by atoms with Crippen molar-refractivity contribution in [1.29, 1.82) is 0 Å². The molecule has 4 aliphatic rings. The van der Waals surface area contributed by atoms with E-state index in [2.05, 4.69) is 146 Å². The fourth-order valence-corrected chi connectivity index (χ4v) is 9.64. The van der Waals surface area contributed by atoms with Gasteiger partial charge in [-0.1, -0.05) is 123 Å². The minimum Gasteiger partial charge on any atom is -0.302 e. The van der Waals surface area contributed by atoms with Gasteiger partial charge in [0.05, 0.1) is 22.0 Å². The maximum Gasteiger partial charge on any atom is 0.231 e. The molecular formula is C41H31N3S. The van der Waals surface area contributed by atoms with E-state index in [1.54, 1.807) is 11.3 Å². The van der Waals surface area contributed by atoms with Gasteiger partial charge in [0, 0.05) is 33.2 Å². The molecule has 4 aromatic carbocycles. The Kier molecular flexibility index (Phi) is 5.17. The van der Waals surface area contributed by atoms with E-state index in [9.17, 15) is 0 Å². The summed E-state index contributed by atoms with van der Waals surface area (Å²) < 4.78 is 2.39. The largest absolute Gasteiger partial charge is 0.302 e. The first-order valence-corrected chi connectivity index (χ1v) is 16.7. The number of allylic oxidation sites excluding steroid dienone is 6. The molecule has 2 aromatic heterocycles. The minimum atomic E-state index is 0.0711. The van der Waals surface area contributed by atoms with Crippen molar-refractivity contribution in [2.24, 2.45) is 5.92 Å². The summed E-state index contributed by atoms with van der Waals surface area (Å²) in [5, 5.41) is 3.69. The van der Waals surface area contributed by atoms with Crippen molar-refractivity contribution in [2.45, 2.75) is 37.1 Å². The minimum absolute atomic E-state index is 0.0711. The van der Waals surface area contributed by atoms with Gasteiger partial charge in [0.15, 0.2) is 0 Å². The predicted octanol–water partition coefficient (Wildman–Crippen LogP) is 10.5. The van der Waals surface area contributed by atoms with Gasteiger partial charge in [0.25, 0.3) is 0 Å². The van der Waals surface area contributed by atoms with Gasteiger partial charge < -0.3 is 4.90 Å². The quantitative estimate of drug-likeness (QED) is 0.199. The van der Waals surface area contributed by atoms with Crippen molar-refractivity contribution in [3.8, 4) is 11.3 Å². The Morgan fingerprint density at radius 3 is 2.29 bits per heavy atom. The molecule has 0 saturated carbocycles. The Labute approximate surface area is 266 Å². The zero-order chi connectivity index (χ0) is 29.9. The number of fused-ring (bicyclic) bond motifs is 10. The first kappa shape index (κ1) is 25.5. The molecule has 4 atom stereocenters. The van der Waals surface area contributed by atoms with Crippen LogP contribution < -0.4 is 4.90 Å². The van der Waals surface area contributed by atoms with E-state index in [0.29, 0.717) is 11.8 Å². The number of nitrogens with zero attached hydrogens (tertiary/aromatic N) is 3. The summed E-state index contributed by atoms with van der Waals surface area (Å²) in [6.07, 6.45) is 18.3. The third-order valence-corrected chi connectivity index (χ3v) is 11.8. The third kappa shape index (κ3) is 3.52. The van der Waals surface area contributed by atoms with Gasteiger partial charge in [-0.25, -0.2) is 9.97 Å². The highest BCUT2D eigenvalue weighted by molar-refractivity contribution is 7.26. The highest BCUT2D eigenvalue weighted by Crippen LogP contribution is 2.57. The summed E-state index contributed by atoms with van der Waals surface area (Å²) in [5.74, 6) is 1.88. The topological polar surface area (TPSA) is 29.0 Å². The van der Waals surface area contributed by atoms with Crippen molar-refractivity contribution < 1.29 is 0 Å². The molecule has 1 aliphatic heterocycles. The van der Waals surface area contributed by atoms with Gasteiger partial charge in [-0.3, -0.25) is 0 Å². The lowest BCUT2D eigenvalue weighted by Crippen LogP contribution is -2.30. The van der Waals surface area contributed by atoms with Crippen LogP contribution in [0, 0.1) is 5.92 Å². The number of thiophene rings is 1. The van der Waals surface area contributed by atoms with Crippen LogP contribution in [0.2, 0.25) is 0 Å². The number of anilines is 2. The summed E-state index contributed by atoms with van der Waals surface area (Å²) in [7, 11) is 0. The lowest BCUT2D eigenvalue weighted by molar-refractivity contribution is 0.394. The molecule has 216 valence electrons. The van der Waals surface area contributed by atoms with Gasteiger partial charge in [-0.05, 0) is 57.0 Å². The number of hydrogen-bond donors (Lipinski definition) is 0. The molecule has 0 fully saturated rings. The number of aromatic nitrogens is 2. The normalized spacial score (nSPS) is 23.6. The lowest BCUT2D eigenvalue weighted by atomic mass is 9.74. The monoisotopic (exact) mass is 597 g/mol. The summed E-state index contributed by atoms with van der Waals surface area (Å²) in [6.45, 7) is 4.84. The second-order valence-corrected chi connectivity index (χ2v) is 14.5. The van der Waals surface area contributed by atoms with Crippen LogP contribution in [0.1, 0.15) is 42.4 Å². The van der Waals surface area contributed by atoms with Gasteiger partial charge in [-0.2, -0.15) is 0 Å². The van der Waals surface area contributed by atoms with Crippen LogP contribution in [0.4, 0.5) is 11.6 Å². The first-order chi connectivity index (χ1) is 22.1. The van der Waals surface area contributed by atoms with Crippen LogP contribution in [0.15, 0.2) is 127 Å². The molecule has 0 saturated heterocycles. The average molecular weight is 598 g/mol. The molecule has 6 aromatic rings. The zero-order valence-corrected chi connectivity index (χ0v) is 26.0. The van der Waals surface area contributed by atoms with Gasteiger partial charge in [0.2, 0.25) is 5.95 Å². The number of hydrogen-bond acceptors (Lipinski definition) is 4. The highest BCUT2D eigenvalue weighted by Gasteiger charge is 2.48. The maximum absolute atomic E-state index is 5.47. The Morgan fingerprint density at radius 1 is 0.711 bits per heavy atom. The van der Waals surface area contributed by atoms with E-state index in [0.717, 1.165) is 27.4 Å². The van der Waals surface area contributed by atoms with E-state index in [1.165, 1.54) is 43.2 Å². The molecule has 0 radical (unpaired) electrons. The van der Waals surface area contributed by atoms with Crippen LogP contribution in [0.25, 0.3) is 42.3 Å². The van der Waals surface area contributed by atoms with Crippen molar-refractivity contribution in [2.75, 3.05) is 4.90 Å². The molecule has 45 heavy (non-hydrogen) atoms. The second-order valence-electron chi connectivity index (χ2n) is 13.4. The van der Waals surface area contributed by atoms with E-state index in [4.69, 9.17) is 9.97 Å². The summed E-state index contributed by atoms with van der Waals surface area (Å²) >= 11 is 1.80. The van der Waals surface area contributed by atoms with Crippen molar-refractivity contribution in [3.63, 3.8) is 0 Å². The molecule has 3 aliphatic carbocycles. The summed E-state index contributed by atoms with van der Waals surface area (Å²) in [6, 6.07) is 29.0. The molecule has 4 heteroatoms.